The van der Waals surface area contributed by atoms with Gasteiger partial charge in [-0.3, -0.25) is 9.69 Å². The van der Waals surface area contributed by atoms with E-state index >= 15 is 0 Å². The molecule has 2 fully saturated rings. The van der Waals surface area contributed by atoms with Gasteiger partial charge in [0.1, 0.15) is 11.4 Å². The number of hydrogen-bond acceptors (Lipinski definition) is 4. The van der Waals surface area contributed by atoms with Crippen molar-refractivity contribution in [1.82, 2.24) is 14.9 Å². The number of imidazole rings is 1. The minimum Gasteiger partial charge on any atom is -0.373 e. The molecule has 6 nitrogen and oxygen atoms in total. The van der Waals surface area contributed by atoms with Crippen LogP contribution in [0.3, 0.4) is 0 Å². The number of benzene rings is 1. The smallest absolute Gasteiger partial charge is 0.248 e. The van der Waals surface area contributed by atoms with Crippen molar-refractivity contribution >= 4 is 5.91 Å². The second kappa shape index (κ2) is 7.09. The lowest BCUT2D eigenvalue weighted by molar-refractivity contribution is -0.170. The Balaban J connectivity index is 1.64. The van der Waals surface area contributed by atoms with Gasteiger partial charge in [0.15, 0.2) is 0 Å². The first kappa shape index (κ1) is 18.2. The summed E-state index contributed by atoms with van der Waals surface area (Å²) in [6, 6.07) is 7.73. The molecule has 27 heavy (non-hydrogen) atoms. The summed E-state index contributed by atoms with van der Waals surface area (Å²) in [4.78, 5) is 21.9. The van der Waals surface area contributed by atoms with Gasteiger partial charge in [-0.05, 0) is 37.5 Å². The van der Waals surface area contributed by atoms with Crippen LogP contribution in [0.4, 0.5) is 0 Å². The molecule has 0 spiro atoms. The highest BCUT2D eigenvalue weighted by atomic mass is 16.5. The first-order valence-electron chi connectivity index (χ1n) is 9.71. The highest BCUT2D eigenvalue weighted by Gasteiger charge is 2.53. The van der Waals surface area contributed by atoms with Crippen LogP contribution in [0.25, 0.3) is 0 Å². The summed E-state index contributed by atoms with van der Waals surface area (Å²) in [5.41, 5.74) is 7.98. The van der Waals surface area contributed by atoms with E-state index in [9.17, 15) is 4.79 Å². The van der Waals surface area contributed by atoms with Crippen LogP contribution in [-0.4, -0.2) is 41.0 Å². The summed E-state index contributed by atoms with van der Waals surface area (Å²) >= 11 is 0. The minimum absolute atomic E-state index is 0.343. The molecule has 1 aromatic heterocycles. The summed E-state index contributed by atoms with van der Waals surface area (Å²) < 4.78 is 6.27. The molecule has 2 heterocycles. The van der Waals surface area contributed by atoms with Crippen molar-refractivity contribution < 1.29 is 9.53 Å². The zero-order valence-electron chi connectivity index (χ0n) is 16.1. The molecular weight excluding hydrogens is 340 g/mol. The first-order chi connectivity index (χ1) is 13.0. The van der Waals surface area contributed by atoms with E-state index in [4.69, 9.17) is 10.5 Å². The molecule has 2 bridgehead atoms. The van der Waals surface area contributed by atoms with Gasteiger partial charge >= 0.3 is 0 Å². The van der Waals surface area contributed by atoms with Crippen LogP contribution in [0, 0.1) is 18.8 Å². The lowest BCUT2D eigenvalue weighted by Gasteiger charge is -2.55. The van der Waals surface area contributed by atoms with Gasteiger partial charge in [0.05, 0.1) is 0 Å². The maximum Gasteiger partial charge on any atom is 0.248 e. The molecule has 1 unspecified atom stereocenters. The molecule has 4 rings (SSSR count). The van der Waals surface area contributed by atoms with Crippen LogP contribution < -0.4 is 5.73 Å². The Hall–Kier alpha value is -2.18. The Labute approximate surface area is 160 Å². The summed E-state index contributed by atoms with van der Waals surface area (Å²) in [6.07, 6.45) is 5.42. The van der Waals surface area contributed by atoms with Crippen molar-refractivity contribution in [2.45, 2.75) is 38.3 Å². The maximum absolute atomic E-state index is 11.7. The van der Waals surface area contributed by atoms with Crippen LogP contribution in [0.2, 0.25) is 0 Å². The largest absolute Gasteiger partial charge is 0.373 e. The monoisotopic (exact) mass is 368 g/mol. The van der Waals surface area contributed by atoms with E-state index in [1.54, 1.807) is 6.07 Å². The quantitative estimate of drug-likeness (QED) is 0.850. The molecule has 1 aliphatic heterocycles. The van der Waals surface area contributed by atoms with Gasteiger partial charge in [-0.1, -0.05) is 18.6 Å². The molecule has 1 saturated carbocycles. The van der Waals surface area contributed by atoms with E-state index < -0.39 is 0 Å². The topological polar surface area (TPSA) is 84.2 Å². The summed E-state index contributed by atoms with van der Waals surface area (Å²) in [5.74, 6) is 1.35. The highest BCUT2D eigenvalue weighted by Crippen LogP contribution is 2.51. The third-order valence-corrected chi connectivity index (χ3v) is 6.36. The molecule has 2 aromatic rings. The number of likely N-dealkylation sites (tertiary alicyclic amines) is 1. The van der Waals surface area contributed by atoms with E-state index in [-0.39, 0.29) is 11.5 Å². The van der Waals surface area contributed by atoms with Gasteiger partial charge in [-0.2, -0.15) is 0 Å². The summed E-state index contributed by atoms with van der Waals surface area (Å²) in [6.45, 7) is 4.82. The van der Waals surface area contributed by atoms with Crippen molar-refractivity contribution in [1.29, 1.82) is 0 Å². The van der Waals surface area contributed by atoms with Crippen molar-refractivity contribution in [3.8, 4) is 0 Å². The number of carbonyl (C=O) groups excluding carboxylic acids is 1. The number of hydrogen-bond donors (Lipinski definition) is 2. The fraction of sp³-hybridized carbons (Fsp3) is 0.524. The van der Waals surface area contributed by atoms with Gasteiger partial charge in [0.2, 0.25) is 5.91 Å². The predicted octanol–water partition coefficient (Wildman–Crippen LogP) is 2.59. The number of aromatic nitrogens is 2. The fourth-order valence-electron chi connectivity index (χ4n) is 5.28. The molecule has 1 saturated heterocycles. The summed E-state index contributed by atoms with van der Waals surface area (Å²) in [7, 11) is 1.82. The number of aromatic amines is 1. The standard InChI is InChI=1S/C21H28N4O2/c1-14-23-10-19(24-14)13-25-11-17-7-4-8-18(12-25)21(17,27-2)16-6-3-5-15(9-16)20(22)26/h3,5-6,9-10,17-18H,4,7-8,11-13H2,1-2H3,(H2,22,26)(H,23,24)/t17-,18+,21?. The van der Waals surface area contributed by atoms with E-state index in [1.807, 2.05) is 32.4 Å². The average Bonchev–Trinajstić information content (AvgIpc) is 3.06. The van der Waals surface area contributed by atoms with E-state index in [2.05, 4.69) is 20.9 Å². The zero-order chi connectivity index (χ0) is 19.0. The molecule has 2 aliphatic rings. The Morgan fingerprint density at radius 1 is 1.37 bits per heavy atom. The number of aryl methyl sites for hydroxylation is 1. The number of ether oxygens (including phenoxy) is 1. The molecule has 1 aliphatic carbocycles. The van der Waals surface area contributed by atoms with Crippen molar-refractivity contribution in [3.63, 3.8) is 0 Å². The molecule has 144 valence electrons. The van der Waals surface area contributed by atoms with Gasteiger partial charge in [0.25, 0.3) is 0 Å². The van der Waals surface area contributed by atoms with Crippen LogP contribution in [0.1, 0.15) is 46.7 Å². The average molecular weight is 368 g/mol. The summed E-state index contributed by atoms with van der Waals surface area (Å²) in [5, 5.41) is 0. The predicted molar refractivity (Wildman–Crippen MR) is 103 cm³/mol. The van der Waals surface area contributed by atoms with E-state index in [1.165, 1.54) is 6.42 Å². The maximum atomic E-state index is 11.7. The highest BCUT2D eigenvalue weighted by molar-refractivity contribution is 5.92. The molecule has 3 atom stereocenters. The SMILES string of the molecule is COC1(c2cccc(C(N)=O)c2)[C@@H]2CCC[C@H]1CN(Cc1cnc(C)[nH]1)C2. The molecular formula is C21H28N4O2. The molecule has 1 aromatic carbocycles. The number of nitrogens with one attached hydrogen (secondary N) is 1. The van der Waals surface area contributed by atoms with Crippen LogP contribution >= 0.6 is 0 Å². The molecule has 1 amide bonds. The molecule has 0 radical (unpaired) electrons. The fourth-order valence-corrected chi connectivity index (χ4v) is 5.28. The lowest BCUT2D eigenvalue weighted by atomic mass is 9.62. The number of rotatable bonds is 5. The van der Waals surface area contributed by atoms with Crippen LogP contribution in [0.5, 0.6) is 0 Å². The van der Waals surface area contributed by atoms with E-state index in [0.717, 1.165) is 49.6 Å². The first-order valence-corrected chi connectivity index (χ1v) is 9.71. The number of primary amides is 1. The van der Waals surface area contributed by atoms with Crippen LogP contribution in [0.15, 0.2) is 30.5 Å². The molecule has 6 heteroatoms. The number of carbonyl (C=O) groups is 1. The minimum atomic E-state index is -0.389. The van der Waals surface area contributed by atoms with Gasteiger partial charge in [-0.15, -0.1) is 0 Å². The van der Waals surface area contributed by atoms with Crippen molar-refractivity contribution in [2.24, 2.45) is 17.6 Å². The third kappa shape index (κ3) is 3.17. The van der Waals surface area contributed by atoms with Gasteiger partial charge in [-0.25, -0.2) is 4.98 Å². The third-order valence-electron chi connectivity index (χ3n) is 6.36. The van der Waals surface area contributed by atoms with Gasteiger partial charge in [0, 0.05) is 56.0 Å². The van der Waals surface area contributed by atoms with Crippen molar-refractivity contribution in [3.05, 3.63) is 53.1 Å². The normalized spacial score (nSPS) is 28.2. The molecule has 3 N–H and O–H groups in total. The Kier molecular flexibility index (Phi) is 4.78. The van der Waals surface area contributed by atoms with E-state index in [0.29, 0.717) is 17.4 Å². The Morgan fingerprint density at radius 2 is 2.11 bits per heavy atom. The number of nitrogens with two attached hydrogens (primary N) is 1. The second-order valence-corrected chi connectivity index (χ2v) is 7.95. The number of fused-ring (bicyclic) bond motifs is 2. The number of nitrogens with zero attached hydrogens (tertiary/aromatic N) is 2. The Morgan fingerprint density at radius 3 is 2.70 bits per heavy atom. The number of methoxy groups -OCH3 is 1. The number of H-pyrrole nitrogens is 1. The number of piperidine rings is 1. The second-order valence-electron chi connectivity index (χ2n) is 7.95. The lowest BCUT2D eigenvalue weighted by Crippen LogP contribution is -2.58. The zero-order valence-corrected chi connectivity index (χ0v) is 16.1. The Bertz CT molecular complexity index is 817. The van der Waals surface area contributed by atoms with Gasteiger partial charge < -0.3 is 15.5 Å². The number of amides is 1. The van der Waals surface area contributed by atoms with Crippen molar-refractivity contribution in [2.75, 3.05) is 20.2 Å². The van der Waals surface area contributed by atoms with Crippen LogP contribution in [-0.2, 0) is 16.9 Å².